The van der Waals surface area contributed by atoms with E-state index in [1.165, 1.54) is 12.1 Å². The number of Topliss-reactive ketones (excluding diaryl/α,β-unsaturated/α-hetero) is 1. The highest BCUT2D eigenvalue weighted by atomic mass is 35.5. The molecule has 0 unspecified atom stereocenters. The molecule has 1 aromatic rings. The molecule has 0 atom stereocenters. The average Bonchev–Trinajstić information content (AvgIpc) is 2.30. The smallest absolute Gasteiger partial charge is 0.166 e. The van der Waals surface area contributed by atoms with Gasteiger partial charge in [0.25, 0.3) is 0 Å². The Hall–Kier alpha value is -0.540. The second kappa shape index (κ2) is 5.87. The molecule has 1 heterocycles. The zero-order valence-corrected chi connectivity index (χ0v) is 11.0. The van der Waals surface area contributed by atoms with Crippen LogP contribution in [0.2, 0.25) is 5.02 Å². The number of rotatable bonds is 3. The molecule has 0 spiro atoms. The number of hydrogen-bond donors (Lipinski definition) is 0. The van der Waals surface area contributed by atoms with Crippen molar-refractivity contribution in [3.63, 3.8) is 0 Å². The van der Waals surface area contributed by atoms with E-state index in [1.54, 1.807) is 6.07 Å². The minimum absolute atomic E-state index is 0.101. The molecule has 4 heteroatoms. The van der Waals surface area contributed by atoms with Crippen LogP contribution in [0.5, 0.6) is 0 Å². The highest BCUT2D eigenvalue weighted by Gasteiger charge is 2.20. The van der Waals surface area contributed by atoms with E-state index in [9.17, 15) is 9.18 Å². The fourth-order valence-corrected chi connectivity index (χ4v) is 3.40. The van der Waals surface area contributed by atoms with Gasteiger partial charge >= 0.3 is 0 Å². The molecule has 0 N–H and O–H groups in total. The second-order valence-electron chi connectivity index (χ2n) is 4.31. The Morgan fingerprint density at radius 2 is 2.12 bits per heavy atom. The zero-order chi connectivity index (χ0) is 12.3. The van der Waals surface area contributed by atoms with Gasteiger partial charge < -0.3 is 0 Å². The minimum atomic E-state index is -0.507. The summed E-state index contributed by atoms with van der Waals surface area (Å²) < 4.78 is 13.5. The van der Waals surface area contributed by atoms with Gasteiger partial charge in [-0.1, -0.05) is 11.6 Å². The number of carbonyl (C=O) groups excluding carboxylic acids is 1. The van der Waals surface area contributed by atoms with Gasteiger partial charge in [-0.15, -0.1) is 0 Å². The van der Waals surface area contributed by atoms with E-state index in [1.807, 2.05) is 11.8 Å². The maximum Gasteiger partial charge on any atom is 0.166 e. The Labute approximate surface area is 110 Å². The average molecular weight is 273 g/mol. The first-order valence-corrected chi connectivity index (χ1v) is 7.26. The van der Waals surface area contributed by atoms with Crippen molar-refractivity contribution in [2.75, 3.05) is 11.5 Å². The van der Waals surface area contributed by atoms with Crippen LogP contribution in [0.3, 0.4) is 0 Å². The van der Waals surface area contributed by atoms with Crippen molar-refractivity contribution < 1.29 is 9.18 Å². The van der Waals surface area contributed by atoms with Crippen molar-refractivity contribution in [1.29, 1.82) is 0 Å². The summed E-state index contributed by atoms with van der Waals surface area (Å²) in [5.41, 5.74) is 0.174. The molecular weight excluding hydrogens is 259 g/mol. The minimum Gasteiger partial charge on any atom is -0.294 e. The Morgan fingerprint density at radius 3 is 2.76 bits per heavy atom. The lowest BCUT2D eigenvalue weighted by Gasteiger charge is -2.20. The van der Waals surface area contributed by atoms with E-state index in [0.29, 0.717) is 17.4 Å². The molecule has 0 amide bonds. The van der Waals surface area contributed by atoms with E-state index < -0.39 is 5.82 Å². The molecule has 0 radical (unpaired) electrons. The van der Waals surface area contributed by atoms with Crippen LogP contribution in [0.15, 0.2) is 18.2 Å². The summed E-state index contributed by atoms with van der Waals surface area (Å²) in [4.78, 5) is 12.0. The van der Waals surface area contributed by atoms with Gasteiger partial charge in [-0.25, -0.2) is 4.39 Å². The summed E-state index contributed by atoms with van der Waals surface area (Å²) in [5.74, 6) is 2.03. The van der Waals surface area contributed by atoms with Gasteiger partial charge in [-0.05, 0) is 48.5 Å². The molecule has 1 aliphatic heterocycles. The van der Waals surface area contributed by atoms with E-state index in [0.717, 1.165) is 24.3 Å². The van der Waals surface area contributed by atoms with E-state index in [-0.39, 0.29) is 11.3 Å². The van der Waals surface area contributed by atoms with Gasteiger partial charge in [0.15, 0.2) is 5.78 Å². The van der Waals surface area contributed by atoms with Crippen LogP contribution in [-0.2, 0) is 0 Å². The van der Waals surface area contributed by atoms with Crippen LogP contribution in [-0.4, -0.2) is 17.3 Å². The van der Waals surface area contributed by atoms with Crippen molar-refractivity contribution in [3.05, 3.63) is 34.6 Å². The van der Waals surface area contributed by atoms with Crippen molar-refractivity contribution in [2.45, 2.75) is 19.3 Å². The Bertz CT molecular complexity index is 416. The largest absolute Gasteiger partial charge is 0.294 e. The predicted molar refractivity (Wildman–Crippen MR) is 70.4 cm³/mol. The SMILES string of the molecule is O=C(CC1CCSCC1)c1ccc(Cl)cc1F. The number of carbonyl (C=O) groups is 1. The number of halogens is 2. The van der Waals surface area contributed by atoms with Gasteiger partial charge in [0.1, 0.15) is 5.82 Å². The van der Waals surface area contributed by atoms with Gasteiger partial charge in [0.05, 0.1) is 5.56 Å². The lowest BCUT2D eigenvalue weighted by Crippen LogP contribution is -2.15. The number of hydrogen-bond acceptors (Lipinski definition) is 2. The first-order chi connectivity index (χ1) is 8.16. The molecule has 92 valence electrons. The molecule has 2 rings (SSSR count). The molecule has 1 nitrogen and oxygen atoms in total. The third kappa shape index (κ3) is 3.46. The molecule has 0 aromatic heterocycles. The number of benzene rings is 1. The van der Waals surface area contributed by atoms with Crippen LogP contribution in [0, 0.1) is 11.7 Å². The molecule has 0 aliphatic carbocycles. The number of thioether (sulfide) groups is 1. The summed E-state index contributed by atoms with van der Waals surface area (Å²) in [7, 11) is 0. The Kier molecular flexibility index (Phi) is 4.46. The summed E-state index contributed by atoms with van der Waals surface area (Å²) in [5, 5.41) is 0.327. The van der Waals surface area contributed by atoms with Crippen LogP contribution >= 0.6 is 23.4 Å². The highest BCUT2D eigenvalue weighted by molar-refractivity contribution is 7.99. The first kappa shape index (κ1) is 12.9. The van der Waals surface area contributed by atoms with Crippen molar-refractivity contribution in [1.82, 2.24) is 0 Å². The lowest BCUT2D eigenvalue weighted by atomic mass is 9.93. The van der Waals surface area contributed by atoms with Crippen LogP contribution in [0.25, 0.3) is 0 Å². The monoisotopic (exact) mass is 272 g/mol. The second-order valence-corrected chi connectivity index (χ2v) is 5.97. The molecule has 1 aliphatic rings. The molecule has 0 saturated carbocycles. The van der Waals surface area contributed by atoms with E-state index >= 15 is 0 Å². The molecule has 0 bridgehead atoms. The van der Waals surface area contributed by atoms with E-state index in [4.69, 9.17) is 11.6 Å². The highest BCUT2D eigenvalue weighted by Crippen LogP contribution is 2.27. The molecule has 17 heavy (non-hydrogen) atoms. The third-order valence-electron chi connectivity index (χ3n) is 3.05. The van der Waals surface area contributed by atoms with Gasteiger partial charge in [0, 0.05) is 11.4 Å². The zero-order valence-electron chi connectivity index (χ0n) is 9.42. The first-order valence-electron chi connectivity index (χ1n) is 5.73. The Morgan fingerprint density at radius 1 is 1.41 bits per heavy atom. The topological polar surface area (TPSA) is 17.1 Å². The summed E-state index contributed by atoms with van der Waals surface area (Å²) in [6, 6.07) is 4.25. The normalized spacial score (nSPS) is 17.1. The quantitative estimate of drug-likeness (QED) is 0.768. The maximum absolute atomic E-state index is 13.5. The van der Waals surface area contributed by atoms with Crippen molar-refractivity contribution >= 4 is 29.1 Å². The Balaban J connectivity index is 2.03. The van der Waals surface area contributed by atoms with Crippen LogP contribution in [0.1, 0.15) is 29.6 Å². The summed E-state index contributed by atoms with van der Waals surface area (Å²) >= 11 is 7.58. The van der Waals surface area contributed by atoms with Crippen molar-refractivity contribution in [3.8, 4) is 0 Å². The fourth-order valence-electron chi connectivity index (χ4n) is 2.04. The van der Waals surface area contributed by atoms with Gasteiger partial charge in [0.2, 0.25) is 0 Å². The molecular formula is C13H14ClFOS. The summed E-state index contributed by atoms with van der Waals surface area (Å²) in [6.45, 7) is 0. The molecule has 1 aromatic carbocycles. The fraction of sp³-hybridized carbons (Fsp3) is 0.462. The van der Waals surface area contributed by atoms with Crippen LogP contribution in [0.4, 0.5) is 4.39 Å². The maximum atomic E-state index is 13.5. The third-order valence-corrected chi connectivity index (χ3v) is 4.33. The van der Waals surface area contributed by atoms with E-state index in [2.05, 4.69) is 0 Å². The van der Waals surface area contributed by atoms with Crippen LogP contribution < -0.4 is 0 Å². The number of ketones is 1. The molecule has 1 saturated heterocycles. The van der Waals surface area contributed by atoms with Crippen molar-refractivity contribution in [2.24, 2.45) is 5.92 Å². The molecule has 1 fully saturated rings. The van der Waals surface area contributed by atoms with Gasteiger partial charge in [-0.2, -0.15) is 11.8 Å². The summed E-state index contributed by atoms with van der Waals surface area (Å²) in [6.07, 6.45) is 2.58. The predicted octanol–water partition coefficient (Wildman–Crippen LogP) is 4.20. The lowest BCUT2D eigenvalue weighted by molar-refractivity contribution is 0.0955. The standard InChI is InChI=1S/C13H14ClFOS/c14-10-1-2-11(12(15)8-10)13(16)7-9-3-5-17-6-4-9/h1-2,8-9H,3-7H2. The van der Waals surface area contributed by atoms with Gasteiger partial charge in [-0.3, -0.25) is 4.79 Å².